The van der Waals surface area contributed by atoms with Crippen molar-refractivity contribution in [1.29, 1.82) is 0 Å². The molecule has 2 unspecified atom stereocenters. The summed E-state index contributed by atoms with van der Waals surface area (Å²) in [6.45, 7) is 2.22. The maximum Gasteiger partial charge on any atom is 0.126 e. The van der Waals surface area contributed by atoms with Crippen molar-refractivity contribution in [2.45, 2.75) is 38.7 Å². The van der Waals surface area contributed by atoms with Gasteiger partial charge in [0.1, 0.15) is 5.82 Å². The molecule has 0 amide bonds. The van der Waals surface area contributed by atoms with Gasteiger partial charge in [-0.3, -0.25) is 0 Å². The summed E-state index contributed by atoms with van der Waals surface area (Å²) >= 11 is 0. The lowest BCUT2D eigenvalue weighted by Crippen LogP contribution is -2.17. The molecule has 1 aliphatic rings. The Labute approximate surface area is 90.3 Å². The van der Waals surface area contributed by atoms with Crippen LogP contribution in [0.5, 0.6) is 0 Å². The molecule has 2 atom stereocenters. The average Bonchev–Trinajstić information content (AvgIpc) is 2.51. The highest BCUT2D eigenvalue weighted by molar-refractivity contribution is 5.39. The lowest BCUT2D eigenvalue weighted by Gasteiger charge is -2.23. The second-order valence-corrected chi connectivity index (χ2v) is 4.93. The first-order valence-corrected chi connectivity index (χ1v) is 5.46. The van der Waals surface area contributed by atoms with Gasteiger partial charge in [-0.25, -0.2) is 4.98 Å². The normalized spacial score (nSPS) is 30.7. The Balaban J connectivity index is 2.12. The average molecular weight is 206 g/mol. The van der Waals surface area contributed by atoms with Gasteiger partial charge in [0, 0.05) is 6.20 Å². The number of rotatable bonds is 2. The van der Waals surface area contributed by atoms with Gasteiger partial charge in [-0.2, -0.15) is 0 Å². The van der Waals surface area contributed by atoms with E-state index in [1.54, 1.807) is 6.20 Å². The summed E-state index contributed by atoms with van der Waals surface area (Å²) in [5.41, 5.74) is 7.12. The van der Waals surface area contributed by atoms with Crippen molar-refractivity contribution >= 4 is 5.82 Å². The van der Waals surface area contributed by atoms with E-state index >= 15 is 0 Å². The third-order valence-corrected chi connectivity index (χ3v) is 3.35. The highest BCUT2D eigenvalue weighted by Crippen LogP contribution is 2.41. The summed E-state index contributed by atoms with van der Waals surface area (Å²) in [6.07, 6.45) is 5.36. The molecular formula is C12H18N2O. The first-order chi connectivity index (χ1) is 7.09. The van der Waals surface area contributed by atoms with Crippen LogP contribution in [0, 0.1) is 5.41 Å². The van der Waals surface area contributed by atoms with Crippen LogP contribution in [0.1, 0.15) is 31.7 Å². The van der Waals surface area contributed by atoms with Crippen LogP contribution in [0.3, 0.4) is 0 Å². The van der Waals surface area contributed by atoms with Gasteiger partial charge in [0.05, 0.1) is 6.10 Å². The molecule has 0 saturated heterocycles. The maximum atomic E-state index is 9.57. The van der Waals surface area contributed by atoms with Crippen LogP contribution in [-0.4, -0.2) is 16.2 Å². The van der Waals surface area contributed by atoms with E-state index in [1.165, 1.54) is 0 Å². The van der Waals surface area contributed by atoms with Gasteiger partial charge >= 0.3 is 0 Å². The van der Waals surface area contributed by atoms with Crippen molar-refractivity contribution in [2.75, 3.05) is 5.73 Å². The molecular weight excluding hydrogens is 188 g/mol. The third-order valence-electron chi connectivity index (χ3n) is 3.35. The van der Waals surface area contributed by atoms with E-state index in [0.717, 1.165) is 31.2 Å². The Morgan fingerprint density at radius 3 is 3.07 bits per heavy atom. The highest BCUT2D eigenvalue weighted by Gasteiger charge is 2.34. The summed E-state index contributed by atoms with van der Waals surface area (Å²) in [5.74, 6) is 0.625. The quantitative estimate of drug-likeness (QED) is 0.775. The first kappa shape index (κ1) is 10.4. The van der Waals surface area contributed by atoms with Gasteiger partial charge in [0.15, 0.2) is 0 Å². The van der Waals surface area contributed by atoms with E-state index in [2.05, 4.69) is 11.9 Å². The molecule has 15 heavy (non-hydrogen) atoms. The topological polar surface area (TPSA) is 59.1 Å². The molecule has 3 nitrogen and oxygen atoms in total. The first-order valence-electron chi connectivity index (χ1n) is 5.46. The second kappa shape index (κ2) is 3.81. The molecule has 1 aromatic heterocycles. The second-order valence-electron chi connectivity index (χ2n) is 4.93. The Hall–Kier alpha value is -1.09. The predicted octanol–water partition coefficient (Wildman–Crippen LogP) is 1.76. The van der Waals surface area contributed by atoms with E-state index in [4.69, 9.17) is 5.73 Å². The van der Waals surface area contributed by atoms with Gasteiger partial charge in [0.25, 0.3) is 0 Å². The molecule has 0 bridgehead atoms. The summed E-state index contributed by atoms with van der Waals surface area (Å²) in [5, 5.41) is 9.57. The number of aliphatic hydroxyl groups excluding tert-OH is 1. The zero-order valence-electron chi connectivity index (χ0n) is 9.11. The Bertz CT molecular complexity index is 353. The number of aromatic nitrogens is 1. The Morgan fingerprint density at radius 1 is 1.67 bits per heavy atom. The summed E-state index contributed by atoms with van der Waals surface area (Å²) in [7, 11) is 0. The molecule has 3 N–H and O–H groups in total. The molecule has 2 rings (SSSR count). The molecule has 3 heteroatoms. The summed E-state index contributed by atoms with van der Waals surface area (Å²) < 4.78 is 0. The van der Waals surface area contributed by atoms with Crippen LogP contribution in [-0.2, 0) is 6.42 Å². The minimum atomic E-state index is -0.132. The monoisotopic (exact) mass is 206 g/mol. The van der Waals surface area contributed by atoms with Crippen molar-refractivity contribution in [1.82, 2.24) is 4.98 Å². The minimum Gasteiger partial charge on any atom is -0.393 e. The van der Waals surface area contributed by atoms with E-state index in [-0.39, 0.29) is 11.5 Å². The van der Waals surface area contributed by atoms with Crippen LogP contribution >= 0.6 is 0 Å². The predicted molar refractivity (Wildman–Crippen MR) is 60.3 cm³/mol. The Kier molecular flexibility index (Phi) is 2.65. The minimum absolute atomic E-state index is 0.132. The molecule has 0 aliphatic heterocycles. The molecule has 1 heterocycles. The van der Waals surface area contributed by atoms with Gasteiger partial charge in [-0.05, 0) is 42.7 Å². The van der Waals surface area contributed by atoms with E-state index in [0.29, 0.717) is 5.82 Å². The van der Waals surface area contributed by atoms with Crippen molar-refractivity contribution < 1.29 is 5.11 Å². The third kappa shape index (κ3) is 2.29. The number of nitrogens with two attached hydrogens (primary N) is 1. The number of anilines is 1. The van der Waals surface area contributed by atoms with Crippen LogP contribution < -0.4 is 5.73 Å². The zero-order valence-corrected chi connectivity index (χ0v) is 9.11. The molecule has 0 aromatic carbocycles. The van der Waals surface area contributed by atoms with Crippen molar-refractivity contribution in [2.24, 2.45) is 5.41 Å². The van der Waals surface area contributed by atoms with Crippen molar-refractivity contribution in [3.63, 3.8) is 0 Å². The van der Waals surface area contributed by atoms with Crippen molar-refractivity contribution in [3.8, 4) is 0 Å². The van der Waals surface area contributed by atoms with E-state index in [1.807, 2.05) is 12.1 Å². The molecule has 1 aliphatic carbocycles. The smallest absolute Gasteiger partial charge is 0.126 e. The number of nitrogen functional groups attached to an aromatic ring is 1. The molecule has 1 fully saturated rings. The van der Waals surface area contributed by atoms with Crippen LogP contribution in [0.25, 0.3) is 0 Å². The fourth-order valence-electron chi connectivity index (χ4n) is 2.51. The number of aliphatic hydroxyl groups is 1. The number of hydrogen-bond donors (Lipinski definition) is 2. The number of nitrogens with zero attached hydrogens (tertiary/aromatic N) is 1. The van der Waals surface area contributed by atoms with Gasteiger partial charge in [-0.15, -0.1) is 0 Å². The SMILES string of the molecule is CC1(Cc2cccnc2N)CCC(O)C1. The number of hydrogen-bond acceptors (Lipinski definition) is 3. The van der Waals surface area contributed by atoms with Gasteiger partial charge < -0.3 is 10.8 Å². The summed E-state index contributed by atoms with van der Waals surface area (Å²) in [4.78, 5) is 4.09. The van der Waals surface area contributed by atoms with Crippen molar-refractivity contribution in [3.05, 3.63) is 23.9 Å². The van der Waals surface area contributed by atoms with Gasteiger partial charge in [-0.1, -0.05) is 13.0 Å². The molecule has 0 spiro atoms. The van der Waals surface area contributed by atoms with Gasteiger partial charge in [0.2, 0.25) is 0 Å². The molecule has 1 saturated carbocycles. The lowest BCUT2D eigenvalue weighted by atomic mass is 9.82. The standard InChI is InChI=1S/C12H18N2O/c1-12(5-4-10(15)8-12)7-9-3-2-6-14-11(9)13/h2-3,6,10,15H,4-5,7-8H2,1H3,(H2,13,14). The van der Waals surface area contributed by atoms with Crippen LogP contribution in [0.15, 0.2) is 18.3 Å². The molecule has 0 radical (unpaired) electrons. The lowest BCUT2D eigenvalue weighted by molar-refractivity contribution is 0.163. The van der Waals surface area contributed by atoms with Crippen LogP contribution in [0.2, 0.25) is 0 Å². The van der Waals surface area contributed by atoms with E-state index < -0.39 is 0 Å². The van der Waals surface area contributed by atoms with E-state index in [9.17, 15) is 5.11 Å². The largest absolute Gasteiger partial charge is 0.393 e. The summed E-state index contributed by atoms with van der Waals surface area (Å²) in [6, 6.07) is 3.94. The van der Waals surface area contributed by atoms with Crippen LogP contribution in [0.4, 0.5) is 5.82 Å². The Morgan fingerprint density at radius 2 is 2.47 bits per heavy atom. The fraction of sp³-hybridized carbons (Fsp3) is 0.583. The highest BCUT2D eigenvalue weighted by atomic mass is 16.3. The zero-order chi connectivity index (χ0) is 10.9. The number of pyridine rings is 1. The fourth-order valence-corrected chi connectivity index (χ4v) is 2.51. The maximum absolute atomic E-state index is 9.57. The molecule has 1 aromatic rings. The molecule has 82 valence electrons.